The van der Waals surface area contributed by atoms with E-state index in [9.17, 15) is 0 Å². The Bertz CT molecular complexity index is 114. The zero-order chi connectivity index (χ0) is 9.56. The van der Waals surface area contributed by atoms with Gasteiger partial charge in [-0.15, -0.1) is 0 Å². The first kappa shape index (κ1) is 11.5. The van der Waals surface area contributed by atoms with Crippen LogP contribution in [0.4, 0.5) is 0 Å². The topological polar surface area (TPSA) is 21.7 Å². The number of hydrogen-bond acceptors (Lipinski definition) is 3. The van der Waals surface area contributed by atoms with Crippen LogP contribution in [-0.4, -0.2) is 38.5 Å². The molecule has 12 heavy (non-hydrogen) atoms. The smallest absolute Gasteiger partial charge is 0.197 e. The van der Waals surface area contributed by atoms with E-state index in [1.54, 1.807) is 14.2 Å². The number of nitrogens with zero attached hydrogens (tertiary/aromatic N) is 1. The van der Waals surface area contributed by atoms with Gasteiger partial charge in [-0.2, -0.15) is 0 Å². The molecule has 0 saturated carbocycles. The van der Waals surface area contributed by atoms with E-state index >= 15 is 0 Å². The van der Waals surface area contributed by atoms with Gasteiger partial charge in [0.15, 0.2) is 6.29 Å². The standard InChI is InChI=1S/C9H19NO2/c1-6-10(7-2)8(3)9(11-4)12-5/h9H,3,6-7H2,1-2,4-5H3. The Morgan fingerprint density at radius 3 is 1.92 bits per heavy atom. The quantitative estimate of drug-likeness (QED) is 0.568. The molecule has 0 aromatic heterocycles. The first-order valence-electron chi connectivity index (χ1n) is 4.20. The summed E-state index contributed by atoms with van der Waals surface area (Å²) in [4.78, 5) is 2.11. The second kappa shape index (κ2) is 6.03. The minimum absolute atomic E-state index is 0.315. The maximum absolute atomic E-state index is 5.08. The van der Waals surface area contributed by atoms with Gasteiger partial charge >= 0.3 is 0 Å². The molecule has 0 aromatic rings. The van der Waals surface area contributed by atoms with Crippen molar-refractivity contribution >= 4 is 0 Å². The van der Waals surface area contributed by atoms with E-state index < -0.39 is 0 Å². The Balaban J connectivity index is 4.12. The molecular formula is C9H19NO2. The molecule has 0 heterocycles. The summed E-state index contributed by atoms with van der Waals surface area (Å²) in [5.74, 6) is 0. The van der Waals surface area contributed by atoms with E-state index in [0.717, 1.165) is 18.8 Å². The summed E-state index contributed by atoms with van der Waals surface area (Å²) < 4.78 is 10.2. The minimum Gasteiger partial charge on any atom is -0.372 e. The van der Waals surface area contributed by atoms with Gasteiger partial charge in [0, 0.05) is 27.3 Å². The molecule has 0 atom stereocenters. The molecule has 0 saturated heterocycles. The first-order chi connectivity index (χ1) is 5.71. The molecule has 0 aromatic carbocycles. The summed E-state index contributed by atoms with van der Waals surface area (Å²) in [6, 6.07) is 0. The Morgan fingerprint density at radius 1 is 1.25 bits per heavy atom. The molecule has 0 rings (SSSR count). The molecule has 72 valence electrons. The van der Waals surface area contributed by atoms with E-state index in [4.69, 9.17) is 9.47 Å². The summed E-state index contributed by atoms with van der Waals surface area (Å²) in [5.41, 5.74) is 0.880. The Labute approximate surface area is 75.0 Å². The maximum atomic E-state index is 5.08. The lowest BCUT2D eigenvalue weighted by molar-refractivity contribution is -0.0886. The number of likely N-dealkylation sites (N-methyl/N-ethyl adjacent to an activating group) is 1. The van der Waals surface area contributed by atoms with Crippen molar-refractivity contribution < 1.29 is 9.47 Å². The van der Waals surface area contributed by atoms with Gasteiger partial charge in [0.2, 0.25) is 0 Å². The molecule has 3 nitrogen and oxygen atoms in total. The van der Waals surface area contributed by atoms with Crippen LogP contribution in [0.15, 0.2) is 12.3 Å². The van der Waals surface area contributed by atoms with Gasteiger partial charge in [0.05, 0.1) is 5.70 Å². The van der Waals surface area contributed by atoms with Gasteiger partial charge in [0.1, 0.15) is 0 Å². The van der Waals surface area contributed by atoms with E-state index in [-0.39, 0.29) is 6.29 Å². The van der Waals surface area contributed by atoms with Gasteiger partial charge in [-0.25, -0.2) is 0 Å². The highest BCUT2D eigenvalue weighted by molar-refractivity contribution is 4.97. The first-order valence-corrected chi connectivity index (χ1v) is 4.20. The van der Waals surface area contributed by atoms with Crippen molar-refractivity contribution in [2.75, 3.05) is 27.3 Å². The summed E-state index contributed by atoms with van der Waals surface area (Å²) in [6.07, 6.45) is -0.315. The summed E-state index contributed by atoms with van der Waals surface area (Å²) in [7, 11) is 3.23. The van der Waals surface area contributed by atoms with Crippen LogP contribution in [-0.2, 0) is 9.47 Å². The molecule has 0 fully saturated rings. The van der Waals surface area contributed by atoms with Crippen molar-refractivity contribution in [3.05, 3.63) is 12.3 Å². The van der Waals surface area contributed by atoms with Gasteiger partial charge in [-0.1, -0.05) is 6.58 Å². The van der Waals surface area contributed by atoms with Crippen LogP contribution >= 0.6 is 0 Å². The highest BCUT2D eigenvalue weighted by atomic mass is 16.7. The highest BCUT2D eigenvalue weighted by Gasteiger charge is 2.14. The third-order valence-electron chi connectivity index (χ3n) is 1.87. The van der Waals surface area contributed by atoms with Crippen LogP contribution in [0.5, 0.6) is 0 Å². The second-order valence-electron chi connectivity index (χ2n) is 2.47. The number of rotatable bonds is 6. The number of methoxy groups -OCH3 is 2. The lowest BCUT2D eigenvalue weighted by Gasteiger charge is -2.27. The maximum Gasteiger partial charge on any atom is 0.197 e. The zero-order valence-corrected chi connectivity index (χ0v) is 8.46. The predicted octanol–water partition coefficient (Wildman–Crippen LogP) is 1.46. The molecule has 0 aliphatic heterocycles. The fourth-order valence-corrected chi connectivity index (χ4v) is 1.15. The molecule has 0 radical (unpaired) electrons. The van der Waals surface area contributed by atoms with Gasteiger partial charge in [0.25, 0.3) is 0 Å². The lowest BCUT2D eigenvalue weighted by Crippen LogP contribution is -2.31. The molecule has 0 unspecified atom stereocenters. The third kappa shape index (κ3) is 2.83. The summed E-state index contributed by atoms with van der Waals surface area (Å²) in [5, 5.41) is 0. The van der Waals surface area contributed by atoms with Gasteiger partial charge in [-0.05, 0) is 13.8 Å². The molecule has 0 aliphatic rings. The minimum atomic E-state index is -0.315. The number of hydrogen-bond donors (Lipinski definition) is 0. The SMILES string of the molecule is C=C(C(OC)OC)N(CC)CC. The van der Waals surface area contributed by atoms with Crippen LogP contribution in [0.1, 0.15) is 13.8 Å². The van der Waals surface area contributed by atoms with E-state index in [0.29, 0.717) is 0 Å². The van der Waals surface area contributed by atoms with Gasteiger partial charge in [-0.3, -0.25) is 0 Å². The van der Waals surface area contributed by atoms with Crippen LogP contribution < -0.4 is 0 Å². The van der Waals surface area contributed by atoms with E-state index in [2.05, 4.69) is 25.3 Å². The Kier molecular flexibility index (Phi) is 5.76. The largest absolute Gasteiger partial charge is 0.372 e. The molecule has 0 aliphatic carbocycles. The number of ether oxygens (including phenoxy) is 2. The van der Waals surface area contributed by atoms with Crippen LogP contribution in [0, 0.1) is 0 Å². The lowest BCUT2D eigenvalue weighted by atomic mass is 10.4. The fraction of sp³-hybridized carbons (Fsp3) is 0.778. The third-order valence-corrected chi connectivity index (χ3v) is 1.87. The molecular weight excluding hydrogens is 154 g/mol. The van der Waals surface area contributed by atoms with Crippen LogP contribution in [0.3, 0.4) is 0 Å². The normalized spacial score (nSPS) is 10.4. The second-order valence-corrected chi connectivity index (χ2v) is 2.47. The monoisotopic (exact) mass is 173 g/mol. The Hall–Kier alpha value is -0.540. The van der Waals surface area contributed by atoms with E-state index in [1.807, 2.05) is 0 Å². The van der Waals surface area contributed by atoms with Crippen molar-refractivity contribution in [2.45, 2.75) is 20.1 Å². The van der Waals surface area contributed by atoms with Crippen molar-refractivity contribution in [1.29, 1.82) is 0 Å². The highest BCUT2D eigenvalue weighted by Crippen LogP contribution is 2.09. The van der Waals surface area contributed by atoms with Crippen molar-refractivity contribution in [1.82, 2.24) is 4.90 Å². The molecule has 0 amide bonds. The zero-order valence-electron chi connectivity index (χ0n) is 8.46. The fourth-order valence-electron chi connectivity index (χ4n) is 1.15. The van der Waals surface area contributed by atoms with Crippen LogP contribution in [0.2, 0.25) is 0 Å². The molecule has 0 spiro atoms. The summed E-state index contributed by atoms with van der Waals surface area (Å²) >= 11 is 0. The van der Waals surface area contributed by atoms with Crippen molar-refractivity contribution in [3.8, 4) is 0 Å². The van der Waals surface area contributed by atoms with E-state index in [1.165, 1.54) is 0 Å². The van der Waals surface area contributed by atoms with Crippen molar-refractivity contribution in [3.63, 3.8) is 0 Å². The summed E-state index contributed by atoms with van der Waals surface area (Å²) in [6.45, 7) is 9.93. The predicted molar refractivity (Wildman–Crippen MR) is 49.9 cm³/mol. The average molecular weight is 173 g/mol. The molecule has 0 N–H and O–H groups in total. The van der Waals surface area contributed by atoms with Gasteiger partial charge < -0.3 is 14.4 Å². The molecule has 3 heteroatoms. The molecule has 0 bridgehead atoms. The Morgan fingerprint density at radius 2 is 1.67 bits per heavy atom. The van der Waals surface area contributed by atoms with Crippen LogP contribution in [0.25, 0.3) is 0 Å². The van der Waals surface area contributed by atoms with Crippen molar-refractivity contribution in [2.24, 2.45) is 0 Å². The average Bonchev–Trinajstić information content (AvgIpc) is 2.09.